The van der Waals surface area contributed by atoms with Crippen LogP contribution >= 0.6 is 0 Å². The average Bonchev–Trinajstić information content (AvgIpc) is 3.38. The van der Waals surface area contributed by atoms with Crippen molar-refractivity contribution in [3.63, 3.8) is 0 Å². The Labute approximate surface area is 190 Å². The maximum absolute atomic E-state index is 12.8. The molecule has 3 heterocycles. The molecule has 1 fully saturated rings. The third-order valence-corrected chi connectivity index (χ3v) is 5.65. The third kappa shape index (κ3) is 3.98. The summed E-state index contributed by atoms with van der Waals surface area (Å²) in [5.74, 6) is -1.60. The minimum atomic E-state index is -4.86. The van der Waals surface area contributed by atoms with Crippen LogP contribution < -0.4 is 10.1 Å². The summed E-state index contributed by atoms with van der Waals surface area (Å²) in [7, 11) is 0. The Morgan fingerprint density at radius 2 is 1.88 bits per heavy atom. The summed E-state index contributed by atoms with van der Waals surface area (Å²) < 4.78 is 43.4. The average molecular weight is 471 g/mol. The minimum Gasteiger partial charge on any atom is -0.403 e. The van der Waals surface area contributed by atoms with E-state index in [2.05, 4.69) is 20.4 Å². The second-order valence-corrected chi connectivity index (χ2v) is 7.84. The molecule has 3 aromatic rings. The molecule has 0 radical (unpaired) electrons. The fourth-order valence-corrected chi connectivity index (χ4v) is 4.11. The van der Waals surface area contributed by atoms with Gasteiger partial charge in [0, 0.05) is 24.1 Å². The van der Waals surface area contributed by atoms with E-state index in [1.54, 1.807) is 24.3 Å². The van der Waals surface area contributed by atoms with Gasteiger partial charge in [0.15, 0.2) is 5.75 Å². The van der Waals surface area contributed by atoms with E-state index in [1.807, 2.05) is 0 Å². The fourth-order valence-electron chi connectivity index (χ4n) is 4.11. The van der Waals surface area contributed by atoms with Gasteiger partial charge in [0.1, 0.15) is 17.4 Å². The molecule has 0 aliphatic carbocycles. The highest BCUT2D eigenvalue weighted by molar-refractivity contribution is 6.05. The Morgan fingerprint density at radius 1 is 1.09 bits per heavy atom. The zero-order chi connectivity index (χ0) is 24.0. The van der Waals surface area contributed by atoms with Crippen LogP contribution in [0.2, 0.25) is 0 Å². The predicted octanol–water partition coefficient (Wildman–Crippen LogP) is 2.59. The highest BCUT2D eigenvalue weighted by Crippen LogP contribution is 2.32. The van der Waals surface area contributed by atoms with Crippen molar-refractivity contribution in [3.05, 3.63) is 59.8 Å². The van der Waals surface area contributed by atoms with E-state index in [0.29, 0.717) is 22.4 Å². The van der Waals surface area contributed by atoms with Crippen molar-refractivity contribution in [2.24, 2.45) is 0 Å². The normalized spacial score (nSPS) is 18.1. The molecular formula is C22H16F3N5O4. The summed E-state index contributed by atoms with van der Waals surface area (Å²) in [5, 5.41) is 10.2. The highest BCUT2D eigenvalue weighted by atomic mass is 19.4. The van der Waals surface area contributed by atoms with Gasteiger partial charge in [0.2, 0.25) is 11.8 Å². The molecule has 174 valence electrons. The van der Waals surface area contributed by atoms with E-state index in [1.165, 1.54) is 34.0 Å². The van der Waals surface area contributed by atoms with Crippen molar-refractivity contribution in [1.29, 1.82) is 0 Å². The molecule has 12 heteroatoms. The van der Waals surface area contributed by atoms with Crippen molar-refractivity contribution < 1.29 is 32.3 Å². The number of amides is 3. The number of rotatable bonds is 4. The van der Waals surface area contributed by atoms with Gasteiger partial charge >= 0.3 is 6.36 Å². The van der Waals surface area contributed by atoms with Gasteiger partial charge in [-0.2, -0.15) is 0 Å². The summed E-state index contributed by atoms with van der Waals surface area (Å²) in [6.07, 6.45) is -3.00. The topological polar surface area (TPSA) is 106 Å². The highest BCUT2D eigenvalue weighted by Gasteiger charge is 2.39. The minimum absolute atomic E-state index is 0.0546. The van der Waals surface area contributed by atoms with Crippen molar-refractivity contribution in [1.82, 2.24) is 25.2 Å². The zero-order valence-corrected chi connectivity index (χ0v) is 17.4. The Hall–Kier alpha value is -4.22. The number of carbonyl (C=O) groups excluding carboxylic acids is 3. The molecule has 34 heavy (non-hydrogen) atoms. The van der Waals surface area contributed by atoms with Gasteiger partial charge < -0.3 is 9.64 Å². The van der Waals surface area contributed by atoms with Gasteiger partial charge in [-0.05, 0) is 36.2 Å². The maximum Gasteiger partial charge on any atom is 0.573 e. The number of ether oxygens (including phenoxy) is 1. The molecule has 9 nitrogen and oxygen atoms in total. The lowest BCUT2D eigenvalue weighted by Gasteiger charge is -2.29. The Balaban J connectivity index is 1.40. The van der Waals surface area contributed by atoms with Crippen LogP contribution in [0.25, 0.3) is 16.9 Å². The summed E-state index contributed by atoms with van der Waals surface area (Å²) in [5.41, 5.74) is 2.12. The van der Waals surface area contributed by atoms with Crippen LogP contribution in [-0.2, 0) is 16.1 Å². The maximum atomic E-state index is 12.8. The molecule has 1 saturated heterocycles. The molecule has 2 aliphatic heterocycles. The lowest BCUT2D eigenvalue weighted by Crippen LogP contribution is -2.52. The third-order valence-electron chi connectivity index (χ3n) is 5.65. The number of aromatic nitrogens is 3. The largest absolute Gasteiger partial charge is 0.573 e. The van der Waals surface area contributed by atoms with Gasteiger partial charge in [-0.15, -0.1) is 18.3 Å². The van der Waals surface area contributed by atoms with Crippen LogP contribution in [0.15, 0.2) is 48.7 Å². The second kappa shape index (κ2) is 7.97. The number of nitrogens with one attached hydrogen (secondary N) is 1. The molecule has 3 amide bonds. The number of hydrogen-bond donors (Lipinski definition) is 1. The van der Waals surface area contributed by atoms with Crippen LogP contribution in [0.5, 0.6) is 5.75 Å². The number of benzene rings is 2. The van der Waals surface area contributed by atoms with Crippen LogP contribution in [0, 0.1) is 0 Å². The number of alkyl halides is 3. The summed E-state index contributed by atoms with van der Waals surface area (Å²) in [4.78, 5) is 37.9. The summed E-state index contributed by atoms with van der Waals surface area (Å²) >= 11 is 0. The Kier molecular flexibility index (Phi) is 5.07. The number of fused-ring (bicyclic) bond motifs is 1. The number of imide groups is 1. The van der Waals surface area contributed by atoms with Gasteiger partial charge in [-0.25, -0.2) is 4.68 Å². The molecule has 1 aromatic heterocycles. The van der Waals surface area contributed by atoms with Crippen LogP contribution in [0.4, 0.5) is 13.2 Å². The predicted molar refractivity (Wildman–Crippen MR) is 110 cm³/mol. The molecule has 5 rings (SSSR count). The number of carbonyl (C=O) groups is 3. The first-order valence-electron chi connectivity index (χ1n) is 10.2. The van der Waals surface area contributed by atoms with E-state index < -0.39 is 24.1 Å². The Bertz CT molecular complexity index is 1320. The van der Waals surface area contributed by atoms with E-state index >= 15 is 0 Å². The molecular weight excluding hydrogens is 455 g/mol. The second-order valence-electron chi connectivity index (χ2n) is 7.84. The first kappa shape index (κ1) is 21.6. The SMILES string of the molecule is O=C1CCC(N2Cc3cc(-c4cn(-c5ccccc5OC(F)(F)F)nn4)ccc3C2=O)C(=O)N1. The van der Waals surface area contributed by atoms with E-state index in [-0.39, 0.29) is 36.9 Å². The smallest absolute Gasteiger partial charge is 0.403 e. The lowest BCUT2D eigenvalue weighted by molar-refractivity contribution is -0.274. The lowest BCUT2D eigenvalue weighted by atomic mass is 10.0. The molecule has 2 aromatic carbocycles. The van der Waals surface area contributed by atoms with E-state index in [0.717, 1.165) is 0 Å². The first-order chi connectivity index (χ1) is 16.2. The molecule has 1 atom stereocenters. The van der Waals surface area contributed by atoms with Gasteiger partial charge in [-0.1, -0.05) is 23.4 Å². The number of nitrogens with zero attached hydrogens (tertiary/aromatic N) is 4. The molecule has 1 N–H and O–H groups in total. The zero-order valence-electron chi connectivity index (χ0n) is 17.4. The number of hydrogen-bond acceptors (Lipinski definition) is 6. The Morgan fingerprint density at radius 3 is 2.65 bits per heavy atom. The molecule has 0 bridgehead atoms. The monoisotopic (exact) mass is 471 g/mol. The quantitative estimate of drug-likeness (QED) is 0.587. The van der Waals surface area contributed by atoms with Crippen molar-refractivity contribution >= 4 is 17.7 Å². The summed E-state index contributed by atoms with van der Waals surface area (Å²) in [6.45, 7) is 0.185. The van der Waals surface area contributed by atoms with Crippen molar-refractivity contribution in [2.45, 2.75) is 31.8 Å². The molecule has 1 unspecified atom stereocenters. The number of piperidine rings is 1. The van der Waals surface area contributed by atoms with E-state index in [9.17, 15) is 27.6 Å². The standard InChI is InChI=1S/C22H16F3N5O4/c23-22(24,25)34-18-4-2-1-3-16(18)30-11-15(27-28-30)12-5-6-14-13(9-12)10-29(21(14)33)17-7-8-19(31)26-20(17)32/h1-6,9,11,17H,7-8,10H2,(H,26,31,32). The van der Waals surface area contributed by atoms with Crippen LogP contribution in [-0.4, -0.2) is 50.0 Å². The molecule has 0 saturated carbocycles. The van der Waals surface area contributed by atoms with Crippen LogP contribution in [0.1, 0.15) is 28.8 Å². The van der Waals surface area contributed by atoms with Gasteiger partial charge in [-0.3, -0.25) is 19.7 Å². The molecule has 2 aliphatic rings. The number of halogens is 3. The van der Waals surface area contributed by atoms with Gasteiger partial charge in [0.25, 0.3) is 5.91 Å². The number of para-hydroxylation sites is 2. The van der Waals surface area contributed by atoms with Crippen molar-refractivity contribution in [2.75, 3.05) is 0 Å². The van der Waals surface area contributed by atoms with Gasteiger partial charge in [0.05, 0.1) is 6.20 Å². The molecule has 0 spiro atoms. The van der Waals surface area contributed by atoms with Crippen LogP contribution in [0.3, 0.4) is 0 Å². The van der Waals surface area contributed by atoms with E-state index in [4.69, 9.17) is 0 Å². The summed E-state index contributed by atoms with van der Waals surface area (Å²) in [6, 6.07) is 9.81. The van der Waals surface area contributed by atoms with Crippen molar-refractivity contribution in [3.8, 4) is 22.7 Å². The fraction of sp³-hybridized carbons (Fsp3) is 0.227. The first-order valence-corrected chi connectivity index (χ1v) is 10.2.